The van der Waals surface area contributed by atoms with Crippen LogP contribution in [0.1, 0.15) is 23.1 Å². The molecule has 122 valence electrons. The first kappa shape index (κ1) is 16.1. The number of aryl methyl sites for hydroxylation is 1. The average Bonchev–Trinajstić information content (AvgIpc) is 3.07. The van der Waals surface area contributed by atoms with Gasteiger partial charge in [0.15, 0.2) is 0 Å². The predicted molar refractivity (Wildman–Crippen MR) is 103 cm³/mol. The van der Waals surface area contributed by atoms with E-state index in [0.29, 0.717) is 0 Å². The molecule has 0 amide bonds. The largest absolute Gasteiger partial charge is 0.377 e. The smallest absolute Gasteiger partial charge is 0.0590 e. The van der Waals surface area contributed by atoms with Gasteiger partial charge in [-0.2, -0.15) is 5.10 Å². The Morgan fingerprint density at radius 2 is 1.79 bits per heavy atom. The zero-order valence-corrected chi connectivity index (χ0v) is 14.5. The van der Waals surface area contributed by atoms with Crippen molar-refractivity contribution in [2.45, 2.75) is 13.3 Å². The molecule has 3 rings (SSSR count). The van der Waals surface area contributed by atoms with Crippen LogP contribution in [0.2, 0.25) is 0 Å². The van der Waals surface area contributed by atoms with Gasteiger partial charge in [-0.3, -0.25) is 5.43 Å². The summed E-state index contributed by atoms with van der Waals surface area (Å²) < 4.78 is 0. The molecule has 0 aliphatic heterocycles. The third kappa shape index (κ3) is 3.40. The highest BCUT2D eigenvalue weighted by atomic mass is 15.3. The number of nitrogens with one attached hydrogen (secondary N) is 1. The molecule has 0 spiro atoms. The summed E-state index contributed by atoms with van der Waals surface area (Å²) in [6.07, 6.45) is 7.27. The van der Waals surface area contributed by atoms with E-state index in [9.17, 15) is 0 Å². The lowest BCUT2D eigenvalue weighted by molar-refractivity contribution is 0.533. The van der Waals surface area contributed by atoms with E-state index in [1.165, 1.54) is 22.4 Å². The number of nitrogens with zero attached hydrogens (tertiary/aromatic N) is 2. The number of hydrogen-bond acceptors (Lipinski definition) is 3. The SMILES string of the molecule is Cc1ccccc1N/N=C/c1ccccc1C1=C(N(C)C)C=CC1. The van der Waals surface area contributed by atoms with Crippen molar-refractivity contribution in [1.82, 2.24) is 4.90 Å². The number of rotatable bonds is 5. The van der Waals surface area contributed by atoms with Crippen LogP contribution in [0.4, 0.5) is 5.69 Å². The molecule has 3 nitrogen and oxygen atoms in total. The fraction of sp³-hybridized carbons (Fsp3) is 0.190. The van der Waals surface area contributed by atoms with Crippen LogP contribution in [-0.4, -0.2) is 25.2 Å². The Bertz CT molecular complexity index is 813. The molecular formula is C21H23N3. The van der Waals surface area contributed by atoms with Crippen LogP contribution in [-0.2, 0) is 0 Å². The molecule has 0 fully saturated rings. The first-order chi connectivity index (χ1) is 11.7. The first-order valence-electron chi connectivity index (χ1n) is 8.18. The van der Waals surface area contributed by atoms with Crippen molar-refractivity contribution in [1.29, 1.82) is 0 Å². The summed E-state index contributed by atoms with van der Waals surface area (Å²) in [5, 5.41) is 4.44. The molecule has 1 aliphatic carbocycles. The van der Waals surface area contributed by atoms with Gasteiger partial charge in [0.25, 0.3) is 0 Å². The monoisotopic (exact) mass is 317 g/mol. The Labute approximate surface area is 144 Å². The lowest BCUT2D eigenvalue weighted by Gasteiger charge is -2.17. The Morgan fingerprint density at radius 3 is 2.58 bits per heavy atom. The average molecular weight is 317 g/mol. The van der Waals surface area contributed by atoms with Crippen LogP contribution in [0.25, 0.3) is 5.57 Å². The molecule has 0 atom stereocenters. The van der Waals surface area contributed by atoms with Gasteiger partial charge in [-0.15, -0.1) is 0 Å². The Morgan fingerprint density at radius 1 is 1.04 bits per heavy atom. The minimum atomic E-state index is 0.962. The van der Waals surface area contributed by atoms with Gasteiger partial charge in [-0.1, -0.05) is 48.5 Å². The maximum atomic E-state index is 4.44. The zero-order valence-electron chi connectivity index (χ0n) is 14.5. The number of para-hydroxylation sites is 1. The number of anilines is 1. The lowest BCUT2D eigenvalue weighted by atomic mass is 9.98. The second-order valence-corrected chi connectivity index (χ2v) is 6.14. The summed E-state index contributed by atoms with van der Waals surface area (Å²) in [4.78, 5) is 2.17. The van der Waals surface area contributed by atoms with E-state index in [-0.39, 0.29) is 0 Å². The molecule has 2 aromatic carbocycles. The summed E-state index contributed by atoms with van der Waals surface area (Å²) in [6.45, 7) is 2.07. The standard InChI is InChI=1S/C21H23N3/c1-16-9-4-7-13-20(16)23-22-15-17-10-5-6-11-18(17)19-12-8-14-21(19)24(2)3/h4-11,13-15,23H,12H2,1-3H3/b22-15+. The maximum absolute atomic E-state index is 4.44. The number of hydrogen-bond donors (Lipinski definition) is 1. The summed E-state index contributed by atoms with van der Waals surface area (Å²) in [7, 11) is 4.17. The van der Waals surface area contributed by atoms with Crippen LogP contribution in [0.15, 0.2) is 71.5 Å². The quantitative estimate of drug-likeness (QED) is 0.641. The van der Waals surface area contributed by atoms with Crippen molar-refractivity contribution in [2.24, 2.45) is 5.10 Å². The summed E-state index contributed by atoms with van der Waals surface area (Å²) in [5.74, 6) is 0. The molecule has 2 aromatic rings. The molecule has 0 unspecified atom stereocenters. The fourth-order valence-corrected chi connectivity index (χ4v) is 2.91. The summed E-state index contributed by atoms with van der Waals surface area (Å²) in [5.41, 5.74) is 10.3. The van der Waals surface area contributed by atoms with E-state index in [1.54, 1.807) is 0 Å². The van der Waals surface area contributed by atoms with Gasteiger partial charge in [0.2, 0.25) is 0 Å². The Hall–Kier alpha value is -2.81. The van der Waals surface area contributed by atoms with E-state index in [4.69, 9.17) is 0 Å². The minimum Gasteiger partial charge on any atom is -0.377 e. The molecule has 0 bridgehead atoms. The molecule has 0 saturated heterocycles. The zero-order chi connectivity index (χ0) is 16.9. The third-order valence-electron chi connectivity index (χ3n) is 4.21. The molecule has 0 radical (unpaired) electrons. The molecule has 0 saturated carbocycles. The minimum absolute atomic E-state index is 0.962. The molecule has 24 heavy (non-hydrogen) atoms. The van der Waals surface area contributed by atoms with Gasteiger partial charge in [-0.05, 0) is 42.2 Å². The van der Waals surface area contributed by atoms with Gasteiger partial charge in [0, 0.05) is 25.4 Å². The molecule has 1 N–H and O–H groups in total. The Kier molecular flexibility index (Phi) is 4.80. The van der Waals surface area contributed by atoms with Gasteiger partial charge >= 0.3 is 0 Å². The molecule has 0 aromatic heterocycles. The second kappa shape index (κ2) is 7.18. The fourth-order valence-electron chi connectivity index (χ4n) is 2.91. The van der Waals surface area contributed by atoms with Crippen LogP contribution in [0.3, 0.4) is 0 Å². The van der Waals surface area contributed by atoms with Crippen molar-refractivity contribution >= 4 is 17.5 Å². The number of hydrazone groups is 1. The lowest BCUT2D eigenvalue weighted by Crippen LogP contribution is -2.10. The van der Waals surface area contributed by atoms with Gasteiger partial charge in [-0.25, -0.2) is 0 Å². The maximum Gasteiger partial charge on any atom is 0.0590 e. The van der Waals surface area contributed by atoms with E-state index in [0.717, 1.165) is 17.7 Å². The van der Waals surface area contributed by atoms with Crippen LogP contribution >= 0.6 is 0 Å². The van der Waals surface area contributed by atoms with Gasteiger partial charge in [0.05, 0.1) is 11.9 Å². The van der Waals surface area contributed by atoms with Crippen molar-refractivity contribution < 1.29 is 0 Å². The Balaban J connectivity index is 1.87. The first-order valence-corrected chi connectivity index (χ1v) is 8.18. The highest BCUT2D eigenvalue weighted by molar-refractivity contribution is 5.90. The van der Waals surface area contributed by atoms with Crippen LogP contribution in [0, 0.1) is 6.92 Å². The van der Waals surface area contributed by atoms with E-state index < -0.39 is 0 Å². The normalized spacial score (nSPS) is 13.8. The van der Waals surface area contributed by atoms with Gasteiger partial charge in [0.1, 0.15) is 0 Å². The molecule has 1 aliphatic rings. The van der Waals surface area contributed by atoms with Crippen molar-refractivity contribution in [3.05, 3.63) is 83.1 Å². The molecular weight excluding hydrogens is 294 g/mol. The molecule has 3 heteroatoms. The van der Waals surface area contributed by atoms with Crippen molar-refractivity contribution in [3.63, 3.8) is 0 Å². The van der Waals surface area contributed by atoms with Crippen molar-refractivity contribution in [3.8, 4) is 0 Å². The van der Waals surface area contributed by atoms with Crippen molar-refractivity contribution in [2.75, 3.05) is 19.5 Å². The van der Waals surface area contributed by atoms with E-state index in [1.807, 2.05) is 24.4 Å². The summed E-state index contributed by atoms with van der Waals surface area (Å²) in [6, 6.07) is 16.6. The topological polar surface area (TPSA) is 27.6 Å². The molecule has 0 heterocycles. The summed E-state index contributed by atoms with van der Waals surface area (Å²) >= 11 is 0. The highest BCUT2D eigenvalue weighted by Gasteiger charge is 2.15. The second-order valence-electron chi connectivity index (χ2n) is 6.14. The van der Waals surface area contributed by atoms with Crippen LogP contribution in [0.5, 0.6) is 0 Å². The number of allylic oxidation sites excluding steroid dienone is 3. The van der Waals surface area contributed by atoms with Gasteiger partial charge < -0.3 is 4.90 Å². The third-order valence-corrected chi connectivity index (χ3v) is 4.21. The number of benzene rings is 2. The highest BCUT2D eigenvalue weighted by Crippen LogP contribution is 2.31. The number of likely N-dealkylation sites (N-methyl/N-ethyl adjacent to an activating group) is 1. The van der Waals surface area contributed by atoms with Crippen LogP contribution < -0.4 is 5.43 Å². The van der Waals surface area contributed by atoms with E-state index >= 15 is 0 Å². The predicted octanol–water partition coefficient (Wildman–Crippen LogP) is 4.67. The van der Waals surface area contributed by atoms with E-state index in [2.05, 4.69) is 78.9 Å².